The molecule has 4 rings (SSSR count). The summed E-state index contributed by atoms with van der Waals surface area (Å²) in [6.07, 6.45) is 8.60. The van der Waals surface area contributed by atoms with E-state index in [1.54, 1.807) is 0 Å². The lowest BCUT2D eigenvalue weighted by Gasteiger charge is -2.19. The third-order valence-electron chi connectivity index (χ3n) is 6.11. The zero-order chi connectivity index (χ0) is 13.0. The van der Waals surface area contributed by atoms with Crippen LogP contribution in [0.3, 0.4) is 0 Å². The zero-order valence-electron chi connectivity index (χ0n) is 11.6. The smallest absolute Gasteiger partial charge is 0.0492 e. The molecular formula is C15H24N4. The van der Waals surface area contributed by atoms with E-state index >= 15 is 0 Å². The second-order valence-corrected chi connectivity index (χ2v) is 6.82. The molecule has 3 saturated carbocycles. The van der Waals surface area contributed by atoms with E-state index in [0.717, 1.165) is 42.4 Å². The van der Waals surface area contributed by atoms with Crippen LogP contribution in [0.2, 0.25) is 0 Å². The molecule has 0 amide bonds. The summed E-state index contributed by atoms with van der Waals surface area (Å²) in [7, 11) is 2.02. The van der Waals surface area contributed by atoms with Gasteiger partial charge in [0.2, 0.25) is 0 Å². The molecule has 3 aliphatic rings. The lowest BCUT2D eigenvalue weighted by Crippen LogP contribution is -2.39. The summed E-state index contributed by atoms with van der Waals surface area (Å²) in [5.74, 6) is 10.8. The Morgan fingerprint density at radius 1 is 1.42 bits per heavy atom. The average Bonchev–Trinajstić information content (AvgIpc) is 2.78. The van der Waals surface area contributed by atoms with Crippen molar-refractivity contribution < 1.29 is 0 Å². The Bertz CT molecular complexity index is 452. The number of hydrazine groups is 1. The minimum Gasteiger partial charge on any atom is -0.273 e. The van der Waals surface area contributed by atoms with Crippen LogP contribution in [0.15, 0.2) is 12.3 Å². The molecule has 1 aromatic rings. The SMILES string of the molecule is Cn1nccc1CCC(NN)C1C2C3CCC(C3)C21. The quantitative estimate of drug-likeness (QED) is 0.623. The maximum absolute atomic E-state index is 5.83. The fraction of sp³-hybridized carbons (Fsp3) is 0.800. The predicted molar refractivity (Wildman–Crippen MR) is 73.9 cm³/mol. The first-order chi connectivity index (χ1) is 9.29. The average molecular weight is 260 g/mol. The largest absolute Gasteiger partial charge is 0.273 e. The first kappa shape index (κ1) is 11.9. The standard InChI is InChI=1S/C15H24N4/c1-19-11(6-7-17-19)4-5-12(18-16)15-13-9-2-3-10(8-9)14(13)15/h6-7,9-10,12-15,18H,2-5,8,16H2,1H3. The highest BCUT2D eigenvalue weighted by Crippen LogP contribution is 2.70. The maximum atomic E-state index is 5.83. The number of aryl methyl sites for hydroxylation is 2. The molecule has 2 bridgehead atoms. The van der Waals surface area contributed by atoms with Crippen LogP contribution in [0.5, 0.6) is 0 Å². The van der Waals surface area contributed by atoms with Gasteiger partial charge in [-0.25, -0.2) is 0 Å². The summed E-state index contributed by atoms with van der Waals surface area (Å²) >= 11 is 0. The van der Waals surface area contributed by atoms with Crippen molar-refractivity contribution in [2.75, 3.05) is 0 Å². The molecule has 5 atom stereocenters. The van der Waals surface area contributed by atoms with Crippen molar-refractivity contribution in [2.45, 2.75) is 38.1 Å². The summed E-state index contributed by atoms with van der Waals surface area (Å²) in [6, 6.07) is 2.62. The predicted octanol–water partition coefficient (Wildman–Crippen LogP) is 1.48. The molecule has 19 heavy (non-hydrogen) atoms. The summed E-state index contributed by atoms with van der Waals surface area (Å²) < 4.78 is 1.98. The number of rotatable bonds is 5. The van der Waals surface area contributed by atoms with Crippen molar-refractivity contribution in [1.82, 2.24) is 15.2 Å². The van der Waals surface area contributed by atoms with Crippen LogP contribution < -0.4 is 11.3 Å². The van der Waals surface area contributed by atoms with E-state index in [2.05, 4.69) is 16.6 Å². The van der Waals surface area contributed by atoms with Gasteiger partial charge in [0.15, 0.2) is 0 Å². The molecule has 5 unspecified atom stereocenters. The third kappa shape index (κ3) is 1.77. The van der Waals surface area contributed by atoms with Crippen molar-refractivity contribution in [1.29, 1.82) is 0 Å². The number of hydrogen-bond acceptors (Lipinski definition) is 3. The first-order valence-corrected chi connectivity index (χ1v) is 7.72. The van der Waals surface area contributed by atoms with Gasteiger partial charge in [0, 0.05) is 25.0 Å². The Morgan fingerprint density at radius 3 is 2.74 bits per heavy atom. The Labute approximate surface area is 114 Å². The van der Waals surface area contributed by atoms with Crippen LogP contribution in [0, 0.1) is 29.6 Å². The molecule has 0 radical (unpaired) electrons. The van der Waals surface area contributed by atoms with Gasteiger partial charge in [-0.3, -0.25) is 16.0 Å². The molecule has 1 aromatic heterocycles. The van der Waals surface area contributed by atoms with Crippen LogP contribution >= 0.6 is 0 Å². The number of aromatic nitrogens is 2. The molecular weight excluding hydrogens is 236 g/mol. The highest BCUT2D eigenvalue weighted by Gasteiger charge is 2.66. The number of nitrogens with one attached hydrogen (secondary N) is 1. The number of nitrogens with two attached hydrogens (primary N) is 1. The lowest BCUT2D eigenvalue weighted by molar-refractivity contribution is 0.350. The molecule has 4 heteroatoms. The molecule has 104 valence electrons. The van der Waals surface area contributed by atoms with E-state index in [4.69, 9.17) is 5.84 Å². The molecule has 0 saturated heterocycles. The minimum atomic E-state index is 0.508. The molecule has 0 aliphatic heterocycles. The van der Waals surface area contributed by atoms with Gasteiger partial charge in [0.1, 0.15) is 0 Å². The monoisotopic (exact) mass is 260 g/mol. The molecule has 3 N–H and O–H groups in total. The number of hydrogen-bond donors (Lipinski definition) is 2. The van der Waals surface area contributed by atoms with E-state index in [-0.39, 0.29) is 0 Å². The summed E-state index contributed by atoms with van der Waals surface area (Å²) in [6.45, 7) is 0. The Balaban J connectivity index is 1.39. The third-order valence-corrected chi connectivity index (χ3v) is 6.11. The molecule has 1 heterocycles. The van der Waals surface area contributed by atoms with Crippen molar-refractivity contribution in [2.24, 2.45) is 42.5 Å². The van der Waals surface area contributed by atoms with Gasteiger partial charge in [-0.15, -0.1) is 0 Å². The van der Waals surface area contributed by atoms with Crippen molar-refractivity contribution in [3.05, 3.63) is 18.0 Å². The van der Waals surface area contributed by atoms with E-state index in [0.29, 0.717) is 6.04 Å². The summed E-state index contributed by atoms with van der Waals surface area (Å²) in [5, 5.41) is 4.24. The van der Waals surface area contributed by atoms with Gasteiger partial charge in [-0.05, 0) is 67.8 Å². The van der Waals surface area contributed by atoms with Crippen molar-refractivity contribution in [3.8, 4) is 0 Å². The molecule has 0 aromatic carbocycles. The summed E-state index contributed by atoms with van der Waals surface area (Å²) in [4.78, 5) is 0. The lowest BCUT2D eigenvalue weighted by atomic mass is 9.95. The van der Waals surface area contributed by atoms with Crippen molar-refractivity contribution in [3.63, 3.8) is 0 Å². The fourth-order valence-corrected chi connectivity index (χ4v) is 5.27. The fourth-order valence-electron chi connectivity index (χ4n) is 5.27. The van der Waals surface area contributed by atoms with Gasteiger partial charge in [0.25, 0.3) is 0 Å². The van der Waals surface area contributed by atoms with Gasteiger partial charge in [-0.1, -0.05) is 0 Å². The highest BCUT2D eigenvalue weighted by atomic mass is 15.3. The molecule has 0 spiro atoms. The summed E-state index contributed by atoms with van der Waals surface area (Å²) in [5.41, 5.74) is 4.43. The van der Waals surface area contributed by atoms with Crippen molar-refractivity contribution >= 4 is 0 Å². The van der Waals surface area contributed by atoms with E-state index in [1.165, 1.54) is 25.0 Å². The van der Waals surface area contributed by atoms with Crippen LogP contribution in [0.4, 0.5) is 0 Å². The Morgan fingerprint density at radius 2 is 2.16 bits per heavy atom. The van der Waals surface area contributed by atoms with Crippen LogP contribution in [0.25, 0.3) is 0 Å². The van der Waals surface area contributed by atoms with Gasteiger partial charge >= 0.3 is 0 Å². The highest BCUT2D eigenvalue weighted by molar-refractivity contribution is 5.16. The van der Waals surface area contributed by atoms with E-state index in [1.807, 2.05) is 17.9 Å². The maximum Gasteiger partial charge on any atom is 0.0492 e. The van der Waals surface area contributed by atoms with Crippen LogP contribution in [-0.2, 0) is 13.5 Å². The minimum absolute atomic E-state index is 0.508. The molecule has 3 fully saturated rings. The Hall–Kier alpha value is -0.870. The second-order valence-electron chi connectivity index (χ2n) is 6.82. The van der Waals surface area contributed by atoms with Crippen LogP contribution in [-0.4, -0.2) is 15.8 Å². The Kier molecular flexibility index (Phi) is 2.71. The van der Waals surface area contributed by atoms with Gasteiger partial charge in [0.05, 0.1) is 0 Å². The van der Waals surface area contributed by atoms with Crippen LogP contribution in [0.1, 0.15) is 31.4 Å². The van der Waals surface area contributed by atoms with Gasteiger partial charge < -0.3 is 0 Å². The van der Waals surface area contributed by atoms with Gasteiger partial charge in [-0.2, -0.15) is 5.10 Å². The van der Waals surface area contributed by atoms with E-state index < -0.39 is 0 Å². The molecule has 3 aliphatic carbocycles. The molecule has 4 nitrogen and oxygen atoms in total. The normalized spacial score (nSPS) is 40.4. The first-order valence-electron chi connectivity index (χ1n) is 7.72. The van der Waals surface area contributed by atoms with E-state index in [9.17, 15) is 0 Å². The number of fused-ring (bicyclic) bond motifs is 5. The zero-order valence-corrected chi connectivity index (χ0v) is 11.6. The topological polar surface area (TPSA) is 55.9 Å². The second kappa shape index (κ2) is 4.32. The number of nitrogens with zero attached hydrogens (tertiary/aromatic N) is 2.